The summed E-state index contributed by atoms with van der Waals surface area (Å²) in [5.41, 5.74) is 1.82. The van der Waals surface area contributed by atoms with Gasteiger partial charge in [0.15, 0.2) is 5.82 Å². The van der Waals surface area contributed by atoms with E-state index in [0.29, 0.717) is 28.3 Å². The van der Waals surface area contributed by atoms with Crippen molar-refractivity contribution in [1.29, 1.82) is 0 Å². The van der Waals surface area contributed by atoms with Gasteiger partial charge in [-0.3, -0.25) is 9.10 Å². The van der Waals surface area contributed by atoms with Gasteiger partial charge in [-0.05, 0) is 36.4 Å². The molecule has 8 heteroatoms. The van der Waals surface area contributed by atoms with Crippen LogP contribution in [-0.4, -0.2) is 37.6 Å². The van der Waals surface area contributed by atoms with Crippen LogP contribution in [0, 0.1) is 0 Å². The molecule has 27 heavy (non-hydrogen) atoms. The minimum atomic E-state index is -3.51. The highest BCUT2D eigenvalue weighted by molar-refractivity contribution is 7.92. The molecule has 0 bridgehead atoms. The summed E-state index contributed by atoms with van der Waals surface area (Å²) in [6.45, 7) is 0. The lowest BCUT2D eigenvalue weighted by Gasteiger charge is -2.21. The van der Waals surface area contributed by atoms with Crippen molar-refractivity contribution in [3.05, 3.63) is 72.6 Å². The van der Waals surface area contributed by atoms with Crippen LogP contribution in [0.1, 0.15) is 10.4 Å². The third-order valence-electron chi connectivity index (χ3n) is 3.94. The maximum absolute atomic E-state index is 12.6. The number of anilines is 2. The van der Waals surface area contributed by atoms with Gasteiger partial charge in [0.2, 0.25) is 10.0 Å². The van der Waals surface area contributed by atoms with E-state index in [4.69, 9.17) is 0 Å². The first-order chi connectivity index (χ1) is 12.9. The van der Waals surface area contributed by atoms with Crippen molar-refractivity contribution >= 4 is 27.3 Å². The van der Waals surface area contributed by atoms with E-state index in [0.717, 1.165) is 10.6 Å². The zero-order chi connectivity index (χ0) is 19.4. The van der Waals surface area contributed by atoms with Crippen molar-refractivity contribution in [3.63, 3.8) is 0 Å². The molecule has 0 saturated heterocycles. The van der Waals surface area contributed by atoms with Crippen LogP contribution < -0.4 is 9.62 Å². The third-order valence-corrected chi connectivity index (χ3v) is 5.13. The van der Waals surface area contributed by atoms with Gasteiger partial charge in [-0.15, -0.1) is 0 Å². The molecular weight excluding hydrogens is 364 g/mol. The number of hydrogen-bond donors (Lipinski definition) is 1. The Kier molecular flexibility index (Phi) is 5.18. The Balaban J connectivity index is 2.05. The van der Waals surface area contributed by atoms with Crippen molar-refractivity contribution in [2.45, 2.75) is 0 Å². The van der Waals surface area contributed by atoms with Gasteiger partial charge in [0, 0.05) is 30.6 Å². The number of aromatic nitrogens is 2. The van der Waals surface area contributed by atoms with Crippen molar-refractivity contribution in [2.24, 2.45) is 0 Å². The minimum Gasteiger partial charge on any atom is -0.320 e. The fourth-order valence-electron chi connectivity index (χ4n) is 2.46. The topological polar surface area (TPSA) is 92.3 Å². The number of amides is 1. The molecular formula is C19H18N4O3S. The molecule has 1 aromatic heterocycles. The summed E-state index contributed by atoms with van der Waals surface area (Å²) in [5, 5.41) is 2.79. The van der Waals surface area contributed by atoms with E-state index >= 15 is 0 Å². The molecule has 0 unspecified atom stereocenters. The summed E-state index contributed by atoms with van der Waals surface area (Å²) >= 11 is 0. The molecule has 0 spiro atoms. The van der Waals surface area contributed by atoms with Crippen LogP contribution in [0.3, 0.4) is 0 Å². The van der Waals surface area contributed by atoms with Gasteiger partial charge in [-0.1, -0.05) is 18.2 Å². The zero-order valence-electron chi connectivity index (χ0n) is 14.8. The fourth-order valence-corrected chi connectivity index (χ4v) is 2.98. The molecule has 0 aliphatic carbocycles. The lowest BCUT2D eigenvalue weighted by atomic mass is 10.1. The number of hydrogen-bond acceptors (Lipinski definition) is 5. The third kappa shape index (κ3) is 4.29. The van der Waals surface area contributed by atoms with Gasteiger partial charge in [0.05, 0.1) is 17.6 Å². The number of rotatable bonds is 5. The molecule has 0 atom stereocenters. The number of benzene rings is 2. The molecule has 1 N–H and O–H groups in total. The molecule has 2 aromatic carbocycles. The summed E-state index contributed by atoms with van der Waals surface area (Å²) in [4.78, 5) is 21.0. The molecule has 3 rings (SSSR count). The van der Waals surface area contributed by atoms with Crippen LogP contribution in [0.15, 0.2) is 67.0 Å². The predicted octanol–water partition coefficient (Wildman–Crippen LogP) is 2.79. The maximum atomic E-state index is 12.6. The Morgan fingerprint density at radius 2 is 1.67 bits per heavy atom. The summed E-state index contributed by atoms with van der Waals surface area (Å²) in [6, 6.07) is 15.4. The average Bonchev–Trinajstić information content (AvgIpc) is 2.68. The van der Waals surface area contributed by atoms with Crippen molar-refractivity contribution in [2.75, 3.05) is 22.9 Å². The standard InChI is InChI=1S/C19H18N4O3S/c1-23(27(2,25)26)17-10-9-15(18-20-11-6-12-21-18)13-16(17)22-19(24)14-7-4-3-5-8-14/h3-13H,1-2H3,(H,22,24). The fraction of sp³-hybridized carbons (Fsp3) is 0.105. The van der Waals surface area contributed by atoms with Gasteiger partial charge >= 0.3 is 0 Å². The van der Waals surface area contributed by atoms with Crippen molar-refractivity contribution in [1.82, 2.24) is 9.97 Å². The largest absolute Gasteiger partial charge is 0.320 e. The second kappa shape index (κ2) is 7.55. The number of carbonyl (C=O) groups is 1. The quantitative estimate of drug-likeness (QED) is 0.732. The molecule has 0 aliphatic heterocycles. The Morgan fingerprint density at radius 3 is 2.30 bits per heavy atom. The number of nitrogens with zero attached hydrogens (tertiary/aromatic N) is 3. The Bertz CT molecular complexity index is 1050. The van der Waals surface area contributed by atoms with Crippen LogP contribution >= 0.6 is 0 Å². The highest BCUT2D eigenvalue weighted by atomic mass is 32.2. The van der Waals surface area contributed by atoms with E-state index < -0.39 is 10.0 Å². The highest BCUT2D eigenvalue weighted by Crippen LogP contribution is 2.31. The molecule has 1 heterocycles. The normalized spacial score (nSPS) is 11.0. The second-order valence-electron chi connectivity index (χ2n) is 5.85. The molecule has 3 aromatic rings. The van der Waals surface area contributed by atoms with Gasteiger partial charge < -0.3 is 5.32 Å². The first-order valence-corrected chi connectivity index (χ1v) is 9.93. The lowest BCUT2D eigenvalue weighted by Crippen LogP contribution is -2.26. The molecule has 1 amide bonds. The van der Waals surface area contributed by atoms with Crippen LogP contribution in [0.2, 0.25) is 0 Å². The van der Waals surface area contributed by atoms with E-state index in [1.165, 1.54) is 7.05 Å². The number of carbonyl (C=O) groups excluding carboxylic acids is 1. The average molecular weight is 382 g/mol. The first kappa shape index (κ1) is 18.5. The highest BCUT2D eigenvalue weighted by Gasteiger charge is 2.19. The van der Waals surface area contributed by atoms with Gasteiger partial charge in [0.1, 0.15) is 0 Å². The van der Waals surface area contributed by atoms with Crippen molar-refractivity contribution < 1.29 is 13.2 Å². The number of sulfonamides is 1. The van der Waals surface area contributed by atoms with Crippen LogP contribution in [0.4, 0.5) is 11.4 Å². The van der Waals surface area contributed by atoms with Crippen LogP contribution in [0.5, 0.6) is 0 Å². The SMILES string of the molecule is CN(c1ccc(-c2ncccn2)cc1NC(=O)c1ccccc1)S(C)(=O)=O. The van der Waals surface area contributed by atoms with E-state index in [2.05, 4.69) is 15.3 Å². The Morgan fingerprint density at radius 1 is 1.00 bits per heavy atom. The van der Waals surface area contributed by atoms with E-state index in [-0.39, 0.29) is 5.91 Å². The summed E-state index contributed by atoms with van der Waals surface area (Å²) in [5.74, 6) is 0.131. The second-order valence-corrected chi connectivity index (χ2v) is 7.87. The Labute approximate surface area is 157 Å². The summed E-state index contributed by atoms with van der Waals surface area (Å²) < 4.78 is 25.1. The molecule has 0 radical (unpaired) electrons. The van der Waals surface area contributed by atoms with E-state index in [1.54, 1.807) is 60.9 Å². The molecule has 7 nitrogen and oxygen atoms in total. The maximum Gasteiger partial charge on any atom is 0.255 e. The molecule has 0 fully saturated rings. The Hall–Kier alpha value is -3.26. The van der Waals surface area contributed by atoms with Gasteiger partial charge in [-0.2, -0.15) is 0 Å². The van der Waals surface area contributed by atoms with E-state index in [1.807, 2.05) is 6.07 Å². The lowest BCUT2D eigenvalue weighted by molar-refractivity contribution is 0.102. The molecule has 0 saturated carbocycles. The van der Waals surface area contributed by atoms with Crippen LogP contribution in [-0.2, 0) is 10.0 Å². The summed E-state index contributed by atoms with van der Waals surface area (Å²) in [7, 11) is -2.07. The monoisotopic (exact) mass is 382 g/mol. The first-order valence-electron chi connectivity index (χ1n) is 8.08. The van der Waals surface area contributed by atoms with Crippen molar-refractivity contribution in [3.8, 4) is 11.4 Å². The number of nitrogens with one attached hydrogen (secondary N) is 1. The smallest absolute Gasteiger partial charge is 0.255 e. The minimum absolute atomic E-state index is 0.343. The van der Waals surface area contributed by atoms with Crippen LogP contribution in [0.25, 0.3) is 11.4 Å². The van der Waals surface area contributed by atoms with E-state index in [9.17, 15) is 13.2 Å². The summed E-state index contributed by atoms with van der Waals surface area (Å²) in [6.07, 6.45) is 4.33. The van der Waals surface area contributed by atoms with Gasteiger partial charge in [0.25, 0.3) is 5.91 Å². The van der Waals surface area contributed by atoms with Gasteiger partial charge in [-0.25, -0.2) is 18.4 Å². The molecule has 0 aliphatic rings. The zero-order valence-corrected chi connectivity index (χ0v) is 15.6. The predicted molar refractivity (Wildman–Crippen MR) is 105 cm³/mol. The molecule has 138 valence electrons.